The molecule has 2 aliphatic rings. The molecule has 19 heavy (non-hydrogen) atoms. The molecule has 4 heteroatoms. The maximum atomic E-state index is 11.8. The molecule has 1 aromatic rings. The Bertz CT molecular complexity index is 497. The molecule has 100 valence electrons. The van der Waals surface area contributed by atoms with Crippen LogP contribution in [0.15, 0.2) is 29.5 Å². The maximum Gasteiger partial charge on any atom is 0.289 e. The van der Waals surface area contributed by atoms with Crippen molar-refractivity contribution in [3.8, 4) is 0 Å². The second-order valence-electron chi connectivity index (χ2n) is 5.69. The summed E-state index contributed by atoms with van der Waals surface area (Å²) in [6, 6.07) is 5.28. The number of carbonyl (C=O) groups excluding carboxylic acids is 1. The second-order valence-corrected chi connectivity index (χ2v) is 5.69. The number of nitrogens with zero attached hydrogens (tertiary/aromatic N) is 2. The number of fused-ring (bicyclic) bond motifs is 2. The zero-order valence-electron chi connectivity index (χ0n) is 11.2. The van der Waals surface area contributed by atoms with Crippen molar-refractivity contribution < 1.29 is 4.79 Å². The molecule has 1 N–H and O–H groups in total. The summed E-state index contributed by atoms with van der Waals surface area (Å²) in [5, 5.41) is 4.28. The van der Waals surface area contributed by atoms with Crippen LogP contribution < -0.4 is 5.43 Å². The normalized spacial score (nSPS) is 29.5. The highest BCUT2D eigenvalue weighted by atomic mass is 16.2. The molecule has 0 aromatic carbocycles. The van der Waals surface area contributed by atoms with Gasteiger partial charge in [-0.3, -0.25) is 9.78 Å². The third-order valence-electron chi connectivity index (χ3n) is 4.51. The fourth-order valence-electron chi connectivity index (χ4n) is 3.53. The summed E-state index contributed by atoms with van der Waals surface area (Å²) in [7, 11) is 0. The van der Waals surface area contributed by atoms with Crippen LogP contribution in [0, 0.1) is 17.8 Å². The molecule has 0 spiro atoms. The van der Waals surface area contributed by atoms with Gasteiger partial charge >= 0.3 is 0 Å². The minimum absolute atomic E-state index is 0.233. The lowest BCUT2D eigenvalue weighted by Gasteiger charge is -2.21. The number of hydrogen-bond donors (Lipinski definition) is 1. The Morgan fingerprint density at radius 2 is 2.26 bits per heavy atom. The molecule has 0 saturated heterocycles. The van der Waals surface area contributed by atoms with E-state index in [-0.39, 0.29) is 5.91 Å². The highest BCUT2D eigenvalue weighted by molar-refractivity contribution is 5.93. The number of carbonyl (C=O) groups is 1. The highest BCUT2D eigenvalue weighted by Crippen LogP contribution is 2.48. The zero-order valence-corrected chi connectivity index (χ0v) is 11.2. The number of aromatic nitrogens is 1. The van der Waals surface area contributed by atoms with Gasteiger partial charge in [-0.2, -0.15) is 5.10 Å². The Morgan fingerprint density at radius 3 is 2.89 bits per heavy atom. The van der Waals surface area contributed by atoms with Crippen LogP contribution in [0.4, 0.5) is 0 Å². The lowest BCUT2D eigenvalue weighted by molar-refractivity contribution is 0.0949. The predicted molar refractivity (Wildman–Crippen MR) is 73.8 cm³/mol. The van der Waals surface area contributed by atoms with Crippen molar-refractivity contribution in [2.45, 2.75) is 32.6 Å². The van der Waals surface area contributed by atoms with E-state index in [1.165, 1.54) is 25.7 Å². The van der Waals surface area contributed by atoms with Crippen molar-refractivity contribution in [3.63, 3.8) is 0 Å². The van der Waals surface area contributed by atoms with Gasteiger partial charge in [-0.25, -0.2) is 5.43 Å². The summed E-state index contributed by atoms with van der Waals surface area (Å²) < 4.78 is 0. The molecule has 3 atom stereocenters. The van der Waals surface area contributed by atoms with Crippen LogP contribution in [0.25, 0.3) is 0 Å². The number of rotatable bonds is 3. The van der Waals surface area contributed by atoms with Gasteiger partial charge in [-0.15, -0.1) is 0 Å². The fraction of sp³-hybridized carbons (Fsp3) is 0.533. The molecule has 0 radical (unpaired) electrons. The van der Waals surface area contributed by atoms with E-state index in [1.807, 2.05) is 6.92 Å². The first-order chi connectivity index (χ1) is 9.24. The standard InChI is InChI=1S/C15H19N3O/c1-10(13-9-11-5-6-12(13)8-11)17-18-15(19)14-4-2-3-7-16-14/h2-4,7,11-13H,5-6,8-9H2,1H3,(H,18,19). The number of hydrogen-bond acceptors (Lipinski definition) is 3. The number of amides is 1. The molecule has 2 bridgehead atoms. The first-order valence-electron chi connectivity index (χ1n) is 6.99. The first-order valence-corrected chi connectivity index (χ1v) is 6.99. The van der Waals surface area contributed by atoms with Crippen molar-refractivity contribution >= 4 is 11.6 Å². The molecule has 3 rings (SSSR count). The van der Waals surface area contributed by atoms with E-state index >= 15 is 0 Å². The van der Waals surface area contributed by atoms with E-state index in [4.69, 9.17) is 0 Å². The molecular formula is C15H19N3O. The molecule has 1 amide bonds. The Balaban J connectivity index is 1.62. The van der Waals surface area contributed by atoms with Gasteiger partial charge in [0.15, 0.2) is 0 Å². The minimum atomic E-state index is -0.233. The van der Waals surface area contributed by atoms with Crippen LogP contribution in [0.3, 0.4) is 0 Å². The van der Waals surface area contributed by atoms with Gasteiger partial charge in [0.05, 0.1) is 0 Å². The summed E-state index contributed by atoms with van der Waals surface area (Å²) in [6.45, 7) is 2.03. The number of nitrogens with one attached hydrogen (secondary N) is 1. The van der Waals surface area contributed by atoms with E-state index in [9.17, 15) is 4.79 Å². The molecule has 3 unspecified atom stereocenters. The zero-order chi connectivity index (χ0) is 13.2. The summed E-state index contributed by atoms with van der Waals surface area (Å²) in [4.78, 5) is 15.9. The Hall–Kier alpha value is -1.71. The van der Waals surface area contributed by atoms with E-state index in [1.54, 1.807) is 24.4 Å². The number of hydrazone groups is 1. The topological polar surface area (TPSA) is 54.4 Å². The molecule has 2 saturated carbocycles. The lowest BCUT2D eigenvalue weighted by atomic mass is 9.86. The van der Waals surface area contributed by atoms with Crippen molar-refractivity contribution in [1.82, 2.24) is 10.4 Å². The predicted octanol–water partition coefficient (Wildman–Crippen LogP) is 2.62. The largest absolute Gasteiger partial charge is 0.289 e. The second kappa shape index (κ2) is 5.11. The van der Waals surface area contributed by atoms with E-state index in [2.05, 4.69) is 15.5 Å². The average Bonchev–Trinajstić information content (AvgIpc) is 3.08. The first kappa shape index (κ1) is 12.3. The van der Waals surface area contributed by atoms with Crippen molar-refractivity contribution in [1.29, 1.82) is 0 Å². The Kier molecular flexibility index (Phi) is 3.32. The molecular weight excluding hydrogens is 238 g/mol. The van der Waals surface area contributed by atoms with Gasteiger partial charge in [-0.05, 0) is 50.2 Å². The van der Waals surface area contributed by atoms with Crippen molar-refractivity contribution in [2.24, 2.45) is 22.9 Å². The van der Waals surface area contributed by atoms with E-state index in [0.29, 0.717) is 11.6 Å². The van der Waals surface area contributed by atoms with Crippen molar-refractivity contribution in [2.75, 3.05) is 0 Å². The smallest absolute Gasteiger partial charge is 0.266 e. The quantitative estimate of drug-likeness (QED) is 0.668. The molecule has 4 nitrogen and oxygen atoms in total. The maximum absolute atomic E-state index is 11.8. The van der Waals surface area contributed by atoms with Gasteiger partial charge in [0, 0.05) is 17.8 Å². The summed E-state index contributed by atoms with van der Waals surface area (Å²) in [5.74, 6) is 2.03. The summed E-state index contributed by atoms with van der Waals surface area (Å²) in [6.07, 6.45) is 6.93. The highest BCUT2D eigenvalue weighted by Gasteiger charge is 2.40. The van der Waals surface area contributed by atoms with E-state index < -0.39 is 0 Å². The van der Waals surface area contributed by atoms with Crippen molar-refractivity contribution in [3.05, 3.63) is 30.1 Å². The Morgan fingerprint density at radius 1 is 1.37 bits per heavy atom. The Labute approximate surface area is 113 Å². The average molecular weight is 257 g/mol. The SMILES string of the molecule is CC(=NNC(=O)c1ccccn1)C1CC2CCC1C2. The third kappa shape index (κ3) is 2.53. The molecule has 1 heterocycles. The lowest BCUT2D eigenvalue weighted by Crippen LogP contribution is -2.25. The summed E-state index contributed by atoms with van der Waals surface area (Å²) >= 11 is 0. The van der Waals surface area contributed by atoms with E-state index in [0.717, 1.165) is 17.5 Å². The van der Waals surface area contributed by atoms with Crippen LogP contribution in [-0.4, -0.2) is 16.6 Å². The molecule has 2 aliphatic carbocycles. The summed E-state index contributed by atoms with van der Waals surface area (Å²) in [5.41, 5.74) is 4.10. The van der Waals surface area contributed by atoms with Gasteiger partial charge in [0.2, 0.25) is 0 Å². The molecule has 2 fully saturated rings. The molecule has 1 aromatic heterocycles. The monoisotopic (exact) mass is 257 g/mol. The van der Waals surface area contributed by atoms with Gasteiger partial charge in [-0.1, -0.05) is 12.5 Å². The number of pyridine rings is 1. The third-order valence-corrected chi connectivity index (χ3v) is 4.51. The van der Waals surface area contributed by atoms with Crippen LogP contribution in [0.5, 0.6) is 0 Å². The van der Waals surface area contributed by atoms with Crippen LogP contribution >= 0.6 is 0 Å². The van der Waals surface area contributed by atoms with Gasteiger partial charge in [0.1, 0.15) is 5.69 Å². The molecule has 0 aliphatic heterocycles. The van der Waals surface area contributed by atoms with Crippen LogP contribution in [-0.2, 0) is 0 Å². The van der Waals surface area contributed by atoms with Gasteiger partial charge < -0.3 is 0 Å². The van der Waals surface area contributed by atoms with Crippen LogP contribution in [0.1, 0.15) is 43.1 Å². The van der Waals surface area contributed by atoms with Crippen LogP contribution in [0.2, 0.25) is 0 Å². The van der Waals surface area contributed by atoms with Gasteiger partial charge in [0.25, 0.3) is 5.91 Å². The minimum Gasteiger partial charge on any atom is -0.266 e. The fourth-order valence-corrected chi connectivity index (χ4v) is 3.53.